The first kappa shape index (κ1) is 31.3. The van der Waals surface area contributed by atoms with E-state index in [0.29, 0.717) is 32.5 Å². The zero-order valence-corrected chi connectivity index (χ0v) is 25.1. The van der Waals surface area contributed by atoms with Crippen molar-refractivity contribution in [3.05, 3.63) is 150 Å². The molecule has 0 spiro atoms. The van der Waals surface area contributed by atoms with Gasteiger partial charge in [0.1, 0.15) is 11.4 Å². The van der Waals surface area contributed by atoms with Gasteiger partial charge in [0, 0.05) is 43.7 Å². The van der Waals surface area contributed by atoms with E-state index in [0.717, 1.165) is 0 Å². The Morgan fingerprint density at radius 2 is 0.881 bits per heavy atom. The molecule has 5 aromatic carbocycles. The lowest BCUT2D eigenvalue weighted by molar-refractivity contribution is 0.103. The van der Waals surface area contributed by atoms with Gasteiger partial charge in [-0.25, -0.2) is 0 Å². The lowest BCUT2D eigenvalue weighted by Gasteiger charge is -2.18. The molecule has 0 atom stereocenters. The van der Waals surface area contributed by atoms with Crippen LogP contribution < -0.4 is 21.5 Å². The van der Waals surface area contributed by atoms with Crippen LogP contribution in [0.4, 0.5) is 22.7 Å². The first-order chi connectivity index (χ1) is 20.1. The fourth-order valence-electron chi connectivity index (χ4n) is 4.02. The van der Waals surface area contributed by atoms with Crippen molar-refractivity contribution in [3.8, 4) is 0 Å². The van der Waals surface area contributed by atoms with Crippen molar-refractivity contribution in [3.63, 3.8) is 0 Å². The number of carbonyl (C=O) groups excluding carboxylic acids is 2. The molecule has 212 valence electrons. The van der Waals surface area contributed by atoms with Gasteiger partial charge in [-0.1, -0.05) is 119 Å². The summed E-state index contributed by atoms with van der Waals surface area (Å²) in [7, 11) is 0. The Morgan fingerprint density at radius 3 is 1.21 bits per heavy atom. The second-order valence-corrected chi connectivity index (χ2v) is 11.5. The maximum absolute atomic E-state index is 13.2. The largest absolute Gasteiger partial charge is 0.350 e. The summed E-state index contributed by atoms with van der Waals surface area (Å²) in [4.78, 5) is 51.5. The van der Waals surface area contributed by atoms with Gasteiger partial charge in [-0.05, 0) is 36.4 Å². The van der Waals surface area contributed by atoms with E-state index in [2.05, 4.69) is 10.6 Å². The normalized spacial score (nSPS) is 10.6. The highest BCUT2D eigenvalue weighted by molar-refractivity contribution is 6.63. The third-order valence-electron chi connectivity index (χ3n) is 5.95. The Hall–Kier alpha value is -3.65. The molecule has 2 N–H and O–H groups in total. The molecule has 0 aliphatic carbocycles. The number of hydrogen-bond donors (Lipinski definition) is 2. The van der Waals surface area contributed by atoms with Crippen LogP contribution in [-0.2, 0) is 0 Å². The lowest BCUT2D eigenvalue weighted by Crippen LogP contribution is -2.36. The van der Waals surface area contributed by atoms with Crippen LogP contribution in [0.3, 0.4) is 0 Å². The van der Waals surface area contributed by atoms with Gasteiger partial charge in [-0.15, -0.1) is 0 Å². The van der Waals surface area contributed by atoms with Crippen LogP contribution in [0.15, 0.2) is 107 Å². The molecule has 0 saturated carbocycles. The summed E-state index contributed by atoms with van der Waals surface area (Å²) >= 11 is 26.7. The number of hydrogen-bond acceptors (Lipinski definition) is 6. The van der Waals surface area contributed by atoms with Crippen LogP contribution >= 0.6 is 58.0 Å². The SMILES string of the molecule is ClC(Cl)Cl.O=C(c1ccccc1)c1cc(Cl)ccc1Nc1c(Nc2ccc(Cl)cc2C(=O)c2ccccc2)c(=O)c1=O. The maximum Gasteiger partial charge on any atom is 0.253 e. The highest BCUT2D eigenvalue weighted by Gasteiger charge is 2.25. The molecule has 0 unspecified atom stereocenters. The van der Waals surface area contributed by atoms with E-state index in [1.54, 1.807) is 84.9 Å². The quantitative estimate of drug-likeness (QED) is 0.0985. The highest BCUT2D eigenvalue weighted by Crippen LogP contribution is 2.32. The first-order valence-electron chi connectivity index (χ1n) is 12.1. The van der Waals surface area contributed by atoms with Crippen LogP contribution in [-0.4, -0.2) is 15.9 Å². The second kappa shape index (κ2) is 14.0. The second-order valence-electron chi connectivity index (χ2n) is 8.68. The number of anilines is 4. The minimum atomic E-state index is -0.759. The molecular weight excluding hydrogens is 642 g/mol. The van der Waals surface area contributed by atoms with Crippen LogP contribution in [0.5, 0.6) is 0 Å². The van der Waals surface area contributed by atoms with E-state index in [1.165, 1.54) is 12.1 Å². The topological polar surface area (TPSA) is 92.3 Å². The molecule has 5 aromatic rings. The maximum atomic E-state index is 13.2. The van der Waals surface area contributed by atoms with Gasteiger partial charge in [0.2, 0.25) is 0 Å². The van der Waals surface area contributed by atoms with E-state index in [1.807, 2.05) is 0 Å². The van der Waals surface area contributed by atoms with Crippen molar-refractivity contribution in [1.29, 1.82) is 0 Å². The van der Waals surface area contributed by atoms with Crippen molar-refractivity contribution in [2.45, 2.75) is 4.30 Å². The number of alkyl halides is 3. The van der Waals surface area contributed by atoms with Crippen LogP contribution in [0, 0.1) is 0 Å². The number of rotatable bonds is 8. The molecular formula is C31H19Cl5N2O4. The Bertz CT molecular complexity index is 1690. The number of nitrogens with one attached hydrogen (secondary N) is 2. The third kappa shape index (κ3) is 7.40. The van der Waals surface area contributed by atoms with Crippen molar-refractivity contribution in [2.75, 3.05) is 10.6 Å². The number of benzene rings is 4. The Kier molecular flexibility index (Phi) is 10.4. The van der Waals surface area contributed by atoms with E-state index in [-0.39, 0.29) is 34.1 Å². The molecule has 6 nitrogen and oxygen atoms in total. The molecule has 42 heavy (non-hydrogen) atoms. The average Bonchev–Trinajstić information content (AvgIpc) is 2.99. The van der Waals surface area contributed by atoms with Gasteiger partial charge in [0.15, 0.2) is 15.9 Å². The summed E-state index contributed by atoms with van der Waals surface area (Å²) in [5, 5.41) is 6.52. The molecule has 0 heterocycles. The molecule has 0 radical (unpaired) electrons. The van der Waals surface area contributed by atoms with Crippen molar-refractivity contribution >= 4 is 92.3 Å². The van der Waals surface area contributed by atoms with E-state index in [9.17, 15) is 19.2 Å². The molecule has 0 aliphatic rings. The van der Waals surface area contributed by atoms with Gasteiger partial charge >= 0.3 is 0 Å². The fraction of sp³-hybridized carbons (Fsp3) is 0.0323. The van der Waals surface area contributed by atoms with Gasteiger partial charge in [-0.3, -0.25) is 19.2 Å². The third-order valence-corrected chi connectivity index (χ3v) is 6.42. The van der Waals surface area contributed by atoms with Crippen molar-refractivity contribution < 1.29 is 9.59 Å². The number of ketones is 2. The predicted molar refractivity (Wildman–Crippen MR) is 172 cm³/mol. The minimum Gasteiger partial charge on any atom is -0.350 e. The molecule has 0 aliphatic heterocycles. The van der Waals surface area contributed by atoms with Crippen molar-refractivity contribution in [1.82, 2.24) is 0 Å². The summed E-state index contributed by atoms with van der Waals surface area (Å²) in [5.41, 5.74) is 0.349. The zero-order chi connectivity index (χ0) is 30.4. The summed E-state index contributed by atoms with van der Waals surface area (Å²) in [5.74, 6) is -0.616. The van der Waals surface area contributed by atoms with Crippen LogP contribution in [0.1, 0.15) is 31.8 Å². The number of carbonyl (C=O) groups is 2. The molecule has 0 fully saturated rings. The Labute approximate surface area is 265 Å². The fourth-order valence-corrected chi connectivity index (χ4v) is 4.36. The predicted octanol–water partition coefficient (Wildman–Crippen LogP) is 8.53. The standard InChI is InChI=1S/C30H18Cl2N2O4.CHCl3/c31-19-11-13-23(21(15-19)27(35)17-7-3-1-4-8-17)33-25-26(30(38)29(25)37)34-24-14-12-20(32)16-22(24)28(36)18-9-5-2-6-10-18;2-1(3)4/h1-16,33-34H;1H. The zero-order valence-electron chi connectivity index (χ0n) is 21.3. The summed E-state index contributed by atoms with van der Waals surface area (Å²) < 4.78 is -0.750. The first-order valence-corrected chi connectivity index (χ1v) is 14.2. The van der Waals surface area contributed by atoms with Crippen LogP contribution in [0.2, 0.25) is 10.0 Å². The molecule has 5 rings (SSSR count). The van der Waals surface area contributed by atoms with Gasteiger partial charge in [-0.2, -0.15) is 0 Å². The summed E-state index contributed by atoms with van der Waals surface area (Å²) in [6, 6.07) is 26.5. The molecule has 0 saturated heterocycles. The molecule has 0 aromatic heterocycles. The Balaban J connectivity index is 0.000000952. The van der Waals surface area contributed by atoms with E-state index < -0.39 is 15.2 Å². The van der Waals surface area contributed by atoms with E-state index >= 15 is 0 Å². The van der Waals surface area contributed by atoms with Crippen molar-refractivity contribution in [2.24, 2.45) is 0 Å². The Morgan fingerprint density at radius 1 is 0.548 bits per heavy atom. The lowest BCUT2D eigenvalue weighted by atomic mass is 10.0. The molecule has 0 bridgehead atoms. The summed E-state index contributed by atoms with van der Waals surface area (Å²) in [6.45, 7) is 0. The van der Waals surface area contributed by atoms with Gasteiger partial charge in [0.25, 0.3) is 10.9 Å². The van der Waals surface area contributed by atoms with E-state index in [4.69, 9.17) is 58.0 Å². The molecule has 0 amide bonds. The smallest absolute Gasteiger partial charge is 0.253 e. The molecule has 11 heteroatoms. The van der Waals surface area contributed by atoms with Gasteiger partial charge in [0.05, 0.1) is 0 Å². The van der Waals surface area contributed by atoms with Gasteiger partial charge < -0.3 is 10.6 Å². The minimum absolute atomic E-state index is 0.0347. The highest BCUT2D eigenvalue weighted by atomic mass is 35.6. The van der Waals surface area contributed by atoms with Crippen LogP contribution in [0.25, 0.3) is 0 Å². The monoisotopic (exact) mass is 658 g/mol. The average molecular weight is 661 g/mol. The summed E-state index contributed by atoms with van der Waals surface area (Å²) in [6.07, 6.45) is 0. The number of halogens is 5.